The number of fused-ring (bicyclic) bond motifs is 1. The highest BCUT2D eigenvalue weighted by atomic mass is 79.9. The molecule has 1 aliphatic heterocycles. The molecule has 6 heteroatoms. The van der Waals surface area contributed by atoms with Crippen LogP contribution in [0, 0.1) is 0 Å². The van der Waals surface area contributed by atoms with Gasteiger partial charge < -0.3 is 10.6 Å². The fourth-order valence-electron chi connectivity index (χ4n) is 2.21. The fraction of sp³-hybridized carbons (Fsp3) is 0.250. The first-order valence-electron chi connectivity index (χ1n) is 7.09. The normalized spacial score (nSPS) is 16.4. The van der Waals surface area contributed by atoms with Gasteiger partial charge in [0.25, 0.3) is 0 Å². The van der Waals surface area contributed by atoms with Crippen molar-refractivity contribution >= 4 is 44.8 Å². The third-order valence-electron chi connectivity index (χ3n) is 3.13. The van der Waals surface area contributed by atoms with Gasteiger partial charge in [-0.3, -0.25) is 4.79 Å². The molecule has 0 aliphatic carbocycles. The van der Waals surface area contributed by atoms with Crippen LogP contribution in [0.25, 0.3) is 0 Å². The van der Waals surface area contributed by atoms with E-state index >= 15 is 0 Å². The van der Waals surface area contributed by atoms with Crippen LogP contribution in [0.4, 0.5) is 11.4 Å². The summed E-state index contributed by atoms with van der Waals surface area (Å²) in [4.78, 5) is 16.0. The van der Waals surface area contributed by atoms with Crippen molar-refractivity contribution in [2.45, 2.75) is 26.3 Å². The fourth-order valence-corrected chi connectivity index (χ4v) is 2.75. The number of carbonyl (C=O) groups is 1. The second-order valence-electron chi connectivity index (χ2n) is 4.55. The smallest absolute Gasteiger partial charge is 0.226 e. The van der Waals surface area contributed by atoms with E-state index in [2.05, 4.69) is 31.5 Å². The summed E-state index contributed by atoms with van der Waals surface area (Å²) in [5.74, 6) is -0.0349. The molecule has 116 valence electrons. The molecule has 0 saturated heterocycles. The Labute approximate surface area is 143 Å². The van der Waals surface area contributed by atoms with Crippen LogP contribution in [0.2, 0.25) is 5.15 Å². The molecule has 2 N–H and O–H groups in total. The molecule has 1 aliphatic rings. The Kier molecular flexibility index (Phi) is 5.80. The number of benzene rings is 1. The molecule has 4 nitrogen and oxygen atoms in total. The first-order valence-corrected chi connectivity index (χ1v) is 8.26. The highest BCUT2D eigenvalue weighted by Gasteiger charge is 2.22. The zero-order valence-electron chi connectivity index (χ0n) is 12.4. The van der Waals surface area contributed by atoms with Crippen molar-refractivity contribution in [3.63, 3.8) is 0 Å². The highest BCUT2D eigenvalue weighted by molar-refractivity contribution is 9.10. The Morgan fingerprint density at radius 3 is 2.73 bits per heavy atom. The van der Waals surface area contributed by atoms with Crippen molar-refractivity contribution in [3.8, 4) is 0 Å². The number of pyridine rings is 1. The summed E-state index contributed by atoms with van der Waals surface area (Å²) in [6.07, 6.45) is 1.98. The van der Waals surface area contributed by atoms with Crippen molar-refractivity contribution in [3.05, 3.63) is 51.7 Å². The molecule has 0 radical (unpaired) electrons. The van der Waals surface area contributed by atoms with Gasteiger partial charge in [-0.2, -0.15) is 0 Å². The predicted octanol–water partition coefficient (Wildman–Crippen LogP) is 5.02. The topological polar surface area (TPSA) is 54.0 Å². The van der Waals surface area contributed by atoms with Gasteiger partial charge in [0.05, 0.1) is 23.8 Å². The molecular formula is C16H17BrClN3O. The second-order valence-corrected chi connectivity index (χ2v) is 5.85. The molecule has 2 heterocycles. The zero-order chi connectivity index (χ0) is 16.1. The van der Waals surface area contributed by atoms with Crippen LogP contribution in [-0.4, -0.2) is 10.9 Å². The molecule has 2 aromatic rings. The van der Waals surface area contributed by atoms with E-state index in [4.69, 9.17) is 11.6 Å². The molecule has 1 aromatic carbocycles. The van der Waals surface area contributed by atoms with E-state index in [0.29, 0.717) is 11.6 Å². The van der Waals surface area contributed by atoms with Gasteiger partial charge >= 0.3 is 0 Å². The molecule has 0 spiro atoms. The standard InChI is InChI=1S/C14H11BrClN3O.C2H6/c15-9-1-2-10-12(6-9)19-14(20)7-11(18-10)8-3-4-17-13(16)5-8;1-2/h1-6,11,18H,7H2,(H,19,20);1-2H3. The summed E-state index contributed by atoms with van der Waals surface area (Å²) in [5, 5.41) is 6.69. The van der Waals surface area contributed by atoms with Crippen molar-refractivity contribution < 1.29 is 4.79 Å². The number of nitrogens with zero attached hydrogens (tertiary/aromatic N) is 1. The molecule has 1 atom stereocenters. The molecule has 0 saturated carbocycles. The number of carbonyl (C=O) groups excluding carboxylic acids is 1. The van der Waals surface area contributed by atoms with E-state index in [9.17, 15) is 4.79 Å². The summed E-state index contributed by atoms with van der Waals surface area (Å²) in [6, 6.07) is 9.25. The van der Waals surface area contributed by atoms with Gasteiger partial charge in [0.2, 0.25) is 5.91 Å². The lowest BCUT2D eigenvalue weighted by Gasteiger charge is -2.17. The molecule has 0 bridgehead atoms. The highest BCUT2D eigenvalue weighted by Crippen LogP contribution is 2.34. The van der Waals surface area contributed by atoms with Crippen LogP contribution in [0.5, 0.6) is 0 Å². The minimum absolute atomic E-state index is 0.0349. The lowest BCUT2D eigenvalue weighted by Crippen LogP contribution is -2.15. The Balaban J connectivity index is 0.000000847. The molecule has 22 heavy (non-hydrogen) atoms. The van der Waals surface area contributed by atoms with E-state index < -0.39 is 0 Å². The van der Waals surface area contributed by atoms with Crippen LogP contribution in [0.1, 0.15) is 31.9 Å². The summed E-state index contributed by atoms with van der Waals surface area (Å²) in [7, 11) is 0. The third-order valence-corrected chi connectivity index (χ3v) is 3.83. The van der Waals surface area contributed by atoms with Gasteiger partial charge in [-0.15, -0.1) is 0 Å². The van der Waals surface area contributed by atoms with Crippen LogP contribution < -0.4 is 10.6 Å². The van der Waals surface area contributed by atoms with Gasteiger partial charge in [0.1, 0.15) is 5.15 Å². The van der Waals surface area contributed by atoms with E-state index in [1.165, 1.54) is 0 Å². The van der Waals surface area contributed by atoms with Crippen LogP contribution in [0.3, 0.4) is 0 Å². The lowest BCUT2D eigenvalue weighted by atomic mass is 10.1. The van der Waals surface area contributed by atoms with Crippen molar-refractivity contribution in [2.75, 3.05) is 10.6 Å². The molecule has 3 rings (SSSR count). The van der Waals surface area contributed by atoms with E-state index in [1.807, 2.05) is 38.1 Å². The molecule has 0 fully saturated rings. The number of amides is 1. The maximum absolute atomic E-state index is 12.0. The van der Waals surface area contributed by atoms with Gasteiger partial charge in [0.15, 0.2) is 0 Å². The molecule has 1 amide bonds. The summed E-state index contributed by atoms with van der Waals surface area (Å²) in [6.45, 7) is 4.00. The Morgan fingerprint density at radius 2 is 2.00 bits per heavy atom. The van der Waals surface area contributed by atoms with Crippen LogP contribution >= 0.6 is 27.5 Å². The van der Waals surface area contributed by atoms with E-state index in [0.717, 1.165) is 21.4 Å². The number of rotatable bonds is 1. The minimum Gasteiger partial charge on any atom is -0.376 e. The van der Waals surface area contributed by atoms with Crippen molar-refractivity contribution in [1.29, 1.82) is 0 Å². The van der Waals surface area contributed by atoms with Crippen molar-refractivity contribution in [1.82, 2.24) is 4.98 Å². The van der Waals surface area contributed by atoms with Gasteiger partial charge in [0, 0.05) is 10.7 Å². The average Bonchev–Trinajstić information content (AvgIpc) is 2.67. The Morgan fingerprint density at radius 1 is 1.23 bits per heavy atom. The van der Waals surface area contributed by atoms with Crippen LogP contribution in [0.15, 0.2) is 41.0 Å². The SMILES string of the molecule is CC.O=C1CC(c2ccnc(Cl)c2)Nc2ccc(Br)cc2N1. The number of anilines is 2. The Hall–Kier alpha value is -1.59. The average molecular weight is 383 g/mol. The first kappa shape index (κ1) is 16.8. The quantitative estimate of drug-likeness (QED) is 0.681. The van der Waals surface area contributed by atoms with Crippen molar-refractivity contribution in [2.24, 2.45) is 0 Å². The molecule has 1 unspecified atom stereocenters. The maximum Gasteiger partial charge on any atom is 0.226 e. The summed E-state index contributed by atoms with van der Waals surface area (Å²) >= 11 is 9.32. The number of aromatic nitrogens is 1. The lowest BCUT2D eigenvalue weighted by molar-refractivity contribution is -0.116. The first-order chi connectivity index (χ1) is 10.6. The minimum atomic E-state index is -0.127. The van der Waals surface area contributed by atoms with E-state index in [1.54, 1.807) is 12.3 Å². The molecule has 1 aromatic heterocycles. The number of hydrogen-bond acceptors (Lipinski definition) is 3. The van der Waals surface area contributed by atoms with Gasteiger partial charge in [-0.05, 0) is 35.9 Å². The summed E-state index contributed by atoms with van der Waals surface area (Å²) < 4.78 is 0.920. The predicted molar refractivity (Wildman–Crippen MR) is 94.3 cm³/mol. The number of halogens is 2. The maximum atomic E-state index is 12.0. The zero-order valence-corrected chi connectivity index (χ0v) is 14.7. The van der Waals surface area contributed by atoms with Gasteiger partial charge in [-0.1, -0.05) is 41.4 Å². The second kappa shape index (κ2) is 7.61. The summed E-state index contributed by atoms with van der Waals surface area (Å²) in [5.41, 5.74) is 2.60. The van der Waals surface area contributed by atoms with Gasteiger partial charge in [-0.25, -0.2) is 4.98 Å². The largest absolute Gasteiger partial charge is 0.376 e. The number of nitrogens with one attached hydrogen (secondary N) is 2. The van der Waals surface area contributed by atoms with E-state index in [-0.39, 0.29) is 11.9 Å². The monoisotopic (exact) mass is 381 g/mol. The third kappa shape index (κ3) is 3.99. The van der Waals surface area contributed by atoms with Crippen LogP contribution in [-0.2, 0) is 4.79 Å². The Bertz CT molecular complexity index is 678. The number of hydrogen-bond donors (Lipinski definition) is 2. The molecular weight excluding hydrogens is 366 g/mol.